The highest BCUT2D eigenvalue weighted by Gasteiger charge is 2.34. The van der Waals surface area contributed by atoms with Gasteiger partial charge in [-0.25, -0.2) is 9.59 Å². The Hall–Kier alpha value is -3.44. The van der Waals surface area contributed by atoms with Crippen molar-refractivity contribution >= 4 is 46.2 Å². The number of carboxylic acids is 1. The molecule has 0 saturated carbocycles. The quantitative estimate of drug-likeness (QED) is 0.308. The van der Waals surface area contributed by atoms with Crippen LogP contribution >= 0.6 is 22.6 Å². The van der Waals surface area contributed by atoms with E-state index < -0.39 is 30.1 Å². The number of amides is 2. The van der Waals surface area contributed by atoms with Gasteiger partial charge in [0.05, 0.1) is 12.3 Å². The van der Waals surface area contributed by atoms with Crippen LogP contribution in [0.2, 0.25) is 0 Å². The predicted octanol–water partition coefficient (Wildman–Crippen LogP) is 4.22. The van der Waals surface area contributed by atoms with E-state index >= 15 is 0 Å². The standard InChI is InChI=1S/C26H23IN2O6/c1-26(14-30,24(32)33)29-23(31)15-10-11-22(21(27)12-15)28-25(34)35-13-20-18-8-4-2-6-16(18)17-7-3-5-9-19(17)20/h2-12,20,30H,13-14H2,1H3,(H,28,34)(H,29,31)(H,32,33). The number of aliphatic carboxylic acids is 1. The fraction of sp³-hybridized carbons (Fsp3) is 0.192. The Morgan fingerprint density at radius 2 is 1.60 bits per heavy atom. The molecule has 8 nitrogen and oxygen atoms in total. The van der Waals surface area contributed by atoms with Gasteiger partial charge in [-0.05, 0) is 70.0 Å². The minimum absolute atomic E-state index is 0.0617. The molecule has 0 aromatic heterocycles. The molecule has 3 aromatic carbocycles. The fourth-order valence-corrected chi connectivity index (χ4v) is 4.64. The van der Waals surface area contributed by atoms with Crippen molar-refractivity contribution in [3.8, 4) is 11.1 Å². The number of aliphatic hydroxyl groups is 1. The van der Waals surface area contributed by atoms with Crippen LogP contribution in [0.25, 0.3) is 11.1 Å². The predicted molar refractivity (Wildman–Crippen MR) is 138 cm³/mol. The first kappa shape index (κ1) is 24.7. The van der Waals surface area contributed by atoms with Crippen molar-refractivity contribution in [3.63, 3.8) is 0 Å². The first-order valence-corrected chi connectivity index (χ1v) is 11.9. The minimum atomic E-state index is -1.80. The molecular weight excluding hydrogens is 563 g/mol. The summed E-state index contributed by atoms with van der Waals surface area (Å²) >= 11 is 1.96. The van der Waals surface area contributed by atoms with Crippen molar-refractivity contribution < 1.29 is 29.3 Å². The normalized spacial score (nSPS) is 13.8. The lowest BCUT2D eigenvalue weighted by Gasteiger charge is -2.23. The summed E-state index contributed by atoms with van der Waals surface area (Å²) < 4.78 is 6.12. The average molecular weight is 586 g/mol. The third-order valence-electron chi connectivity index (χ3n) is 5.99. The Labute approximate surface area is 215 Å². The summed E-state index contributed by atoms with van der Waals surface area (Å²) in [4.78, 5) is 36.3. The summed E-state index contributed by atoms with van der Waals surface area (Å²) in [6, 6.07) is 20.6. The summed E-state index contributed by atoms with van der Waals surface area (Å²) in [5, 5.41) is 23.6. The van der Waals surface area contributed by atoms with Crippen LogP contribution in [0.1, 0.15) is 34.3 Å². The smallest absolute Gasteiger partial charge is 0.411 e. The number of hydrogen-bond donors (Lipinski definition) is 4. The van der Waals surface area contributed by atoms with Gasteiger partial charge in [0.2, 0.25) is 0 Å². The Morgan fingerprint density at radius 1 is 1.00 bits per heavy atom. The molecule has 2 amide bonds. The molecule has 0 fully saturated rings. The Bertz CT molecular complexity index is 1270. The van der Waals surface area contributed by atoms with Gasteiger partial charge in [0.15, 0.2) is 5.54 Å². The maximum atomic E-state index is 12.6. The molecule has 0 radical (unpaired) electrons. The molecular formula is C26H23IN2O6. The molecule has 1 aliphatic rings. The minimum Gasteiger partial charge on any atom is -0.479 e. The molecule has 35 heavy (non-hydrogen) atoms. The first-order chi connectivity index (χ1) is 16.7. The molecule has 180 valence electrons. The lowest BCUT2D eigenvalue weighted by Crippen LogP contribution is -2.54. The van der Waals surface area contributed by atoms with Crippen LogP contribution in [0.5, 0.6) is 0 Å². The van der Waals surface area contributed by atoms with Crippen LogP contribution < -0.4 is 10.6 Å². The number of hydrogen-bond acceptors (Lipinski definition) is 5. The molecule has 0 spiro atoms. The highest BCUT2D eigenvalue weighted by Crippen LogP contribution is 2.44. The van der Waals surface area contributed by atoms with E-state index in [1.54, 1.807) is 0 Å². The zero-order valence-corrected chi connectivity index (χ0v) is 20.9. The van der Waals surface area contributed by atoms with Crippen LogP contribution in [0, 0.1) is 3.57 Å². The fourth-order valence-electron chi connectivity index (χ4n) is 3.99. The van der Waals surface area contributed by atoms with Gasteiger partial charge < -0.3 is 20.3 Å². The number of nitrogens with one attached hydrogen (secondary N) is 2. The van der Waals surface area contributed by atoms with E-state index in [2.05, 4.69) is 22.8 Å². The second-order valence-electron chi connectivity index (χ2n) is 8.39. The Balaban J connectivity index is 1.41. The van der Waals surface area contributed by atoms with E-state index in [4.69, 9.17) is 4.74 Å². The zero-order chi connectivity index (χ0) is 25.2. The number of fused-ring (bicyclic) bond motifs is 3. The largest absolute Gasteiger partial charge is 0.479 e. The molecule has 0 heterocycles. The van der Waals surface area contributed by atoms with E-state index in [0.717, 1.165) is 22.3 Å². The van der Waals surface area contributed by atoms with Crippen LogP contribution in [0.15, 0.2) is 66.7 Å². The van der Waals surface area contributed by atoms with Gasteiger partial charge in [0.25, 0.3) is 5.91 Å². The van der Waals surface area contributed by atoms with Gasteiger partial charge in [0.1, 0.15) is 6.61 Å². The highest BCUT2D eigenvalue weighted by molar-refractivity contribution is 14.1. The van der Waals surface area contributed by atoms with Crippen LogP contribution in [0.4, 0.5) is 10.5 Å². The van der Waals surface area contributed by atoms with E-state index in [0.29, 0.717) is 9.26 Å². The van der Waals surface area contributed by atoms with E-state index in [-0.39, 0.29) is 18.1 Å². The van der Waals surface area contributed by atoms with Gasteiger partial charge in [-0.2, -0.15) is 0 Å². The second kappa shape index (κ2) is 10.0. The van der Waals surface area contributed by atoms with Gasteiger partial charge in [-0.15, -0.1) is 0 Å². The van der Waals surface area contributed by atoms with E-state index in [1.807, 2.05) is 59.0 Å². The second-order valence-corrected chi connectivity index (χ2v) is 9.56. The van der Waals surface area contributed by atoms with Crippen molar-refractivity contribution in [1.29, 1.82) is 0 Å². The van der Waals surface area contributed by atoms with Crippen LogP contribution in [-0.4, -0.2) is 46.9 Å². The van der Waals surface area contributed by atoms with Crippen molar-refractivity contribution in [1.82, 2.24) is 5.32 Å². The van der Waals surface area contributed by atoms with Crippen LogP contribution in [-0.2, 0) is 9.53 Å². The average Bonchev–Trinajstić information content (AvgIpc) is 3.17. The third-order valence-corrected chi connectivity index (χ3v) is 6.88. The van der Waals surface area contributed by atoms with Crippen molar-refractivity contribution in [2.75, 3.05) is 18.5 Å². The number of carbonyl (C=O) groups excluding carboxylic acids is 2. The molecule has 9 heteroatoms. The maximum absolute atomic E-state index is 12.6. The molecule has 1 atom stereocenters. The molecule has 3 aromatic rings. The number of benzene rings is 3. The summed E-state index contributed by atoms with van der Waals surface area (Å²) in [5.41, 5.74) is 3.34. The zero-order valence-electron chi connectivity index (χ0n) is 18.7. The number of halogens is 1. The maximum Gasteiger partial charge on any atom is 0.411 e. The number of carbonyl (C=O) groups is 3. The molecule has 4 N–H and O–H groups in total. The molecule has 1 unspecified atom stereocenters. The van der Waals surface area contributed by atoms with Gasteiger partial charge >= 0.3 is 12.1 Å². The number of aliphatic hydroxyl groups excluding tert-OH is 1. The third kappa shape index (κ3) is 5.01. The number of ether oxygens (including phenoxy) is 1. The molecule has 0 bridgehead atoms. The summed E-state index contributed by atoms with van der Waals surface area (Å²) in [5.74, 6) is -2.07. The molecule has 0 aliphatic heterocycles. The molecule has 0 saturated heterocycles. The topological polar surface area (TPSA) is 125 Å². The lowest BCUT2D eigenvalue weighted by atomic mass is 9.98. The van der Waals surface area contributed by atoms with Gasteiger partial charge in [-0.1, -0.05) is 48.5 Å². The monoisotopic (exact) mass is 586 g/mol. The Morgan fingerprint density at radius 3 is 2.14 bits per heavy atom. The SMILES string of the molecule is CC(CO)(NC(=O)c1ccc(NC(=O)OCC2c3ccccc3-c3ccccc32)c(I)c1)C(=O)O. The molecule has 1 aliphatic carbocycles. The van der Waals surface area contributed by atoms with Crippen molar-refractivity contribution in [2.45, 2.75) is 18.4 Å². The summed E-state index contributed by atoms with van der Waals surface area (Å²) in [6.07, 6.45) is -0.624. The summed E-state index contributed by atoms with van der Waals surface area (Å²) in [6.45, 7) is 0.629. The lowest BCUT2D eigenvalue weighted by molar-refractivity contribution is -0.145. The highest BCUT2D eigenvalue weighted by atomic mass is 127. The van der Waals surface area contributed by atoms with E-state index in [9.17, 15) is 24.6 Å². The van der Waals surface area contributed by atoms with Crippen molar-refractivity contribution in [2.24, 2.45) is 0 Å². The van der Waals surface area contributed by atoms with Crippen molar-refractivity contribution in [3.05, 3.63) is 87.0 Å². The summed E-state index contributed by atoms with van der Waals surface area (Å²) in [7, 11) is 0. The van der Waals surface area contributed by atoms with Gasteiger partial charge in [0, 0.05) is 15.1 Å². The number of carboxylic acid groups (broad SMARTS) is 1. The first-order valence-electron chi connectivity index (χ1n) is 10.8. The van der Waals surface area contributed by atoms with E-state index in [1.165, 1.54) is 25.1 Å². The molecule has 4 rings (SSSR count). The van der Waals surface area contributed by atoms with Crippen LogP contribution in [0.3, 0.4) is 0 Å². The number of anilines is 1. The number of rotatable bonds is 7. The van der Waals surface area contributed by atoms with Gasteiger partial charge in [-0.3, -0.25) is 10.1 Å². The Kier molecular flexibility index (Phi) is 7.08.